The molecule has 3 saturated carbocycles. The van der Waals surface area contributed by atoms with Gasteiger partial charge in [0.15, 0.2) is 5.78 Å². The zero-order valence-electron chi connectivity index (χ0n) is 15.3. The second-order valence-electron chi connectivity index (χ2n) is 9.47. The third-order valence-corrected chi connectivity index (χ3v) is 8.56. The Morgan fingerprint density at radius 1 is 1.25 bits per heavy atom. The molecule has 24 heavy (non-hydrogen) atoms. The topological polar surface area (TPSA) is 37.3 Å². The molecule has 0 aliphatic heterocycles. The molecule has 7 atom stereocenters. The summed E-state index contributed by atoms with van der Waals surface area (Å²) in [5, 5.41) is 10.6. The average Bonchev–Trinajstić information content (AvgIpc) is 2.85. The number of fused-ring (bicyclic) bond motifs is 5. The molecule has 132 valence electrons. The highest BCUT2D eigenvalue weighted by Crippen LogP contribution is 2.66. The summed E-state index contributed by atoms with van der Waals surface area (Å²) >= 11 is 0. The van der Waals surface area contributed by atoms with E-state index in [-0.39, 0.29) is 16.9 Å². The number of allylic oxidation sites excluding steroid dienone is 2. The van der Waals surface area contributed by atoms with Crippen molar-refractivity contribution in [3.05, 3.63) is 24.3 Å². The van der Waals surface area contributed by atoms with Crippen LogP contribution < -0.4 is 0 Å². The monoisotopic (exact) mass is 328 g/mol. The van der Waals surface area contributed by atoms with Crippen molar-refractivity contribution in [1.29, 1.82) is 0 Å². The molecule has 2 nitrogen and oxygen atoms in total. The summed E-state index contributed by atoms with van der Waals surface area (Å²) in [5.74, 6) is 2.95. The first-order valence-electron chi connectivity index (χ1n) is 9.93. The van der Waals surface area contributed by atoms with Crippen LogP contribution in [0.25, 0.3) is 0 Å². The standard InChI is InChI=1S/C22H32O2/c1-4-5-14-12-15-13-16(23)8-10-21(15,2)18-9-11-22(3)17(20(14)18)6-7-19(22)24/h4,13-14,17-20,24H,1,5-12H2,2-3H3. The van der Waals surface area contributed by atoms with Crippen molar-refractivity contribution >= 4 is 5.78 Å². The molecule has 0 aromatic heterocycles. The number of carbonyl (C=O) groups excluding carboxylic acids is 1. The Bertz CT molecular complexity index is 591. The summed E-state index contributed by atoms with van der Waals surface area (Å²) in [6, 6.07) is 0. The van der Waals surface area contributed by atoms with E-state index in [1.54, 1.807) is 0 Å². The first-order valence-corrected chi connectivity index (χ1v) is 9.93. The van der Waals surface area contributed by atoms with Crippen LogP contribution in [0.4, 0.5) is 0 Å². The molecule has 4 aliphatic rings. The van der Waals surface area contributed by atoms with Gasteiger partial charge in [0.05, 0.1) is 6.10 Å². The average molecular weight is 328 g/mol. The lowest BCUT2D eigenvalue weighted by Crippen LogP contribution is -2.54. The second-order valence-corrected chi connectivity index (χ2v) is 9.47. The number of rotatable bonds is 2. The molecule has 0 aromatic rings. The maximum Gasteiger partial charge on any atom is 0.155 e. The Kier molecular flexibility index (Phi) is 3.84. The van der Waals surface area contributed by atoms with Gasteiger partial charge in [-0.25, -0.2) is 0 Å². The number of hydrogen-bond acceptors (Lipinski definition) is 2. The van der Waals surface area contributed by atoms with Gasteiger partial charge in [-0.3, -0.25) is 4.79 Å². The van der Waals surface area contributed by atoms with Gasteiger partial charge in [-0.2, -0.15) is 0 Å². The molecule has 2 heteroatoms. The maximum absolute atomic E-state index is 12.0. The van der Waals surface area contributed by atoms with E-state index in [9.17, 15) is 9.90 Å². The van der Waals surface area contributed by atoms with Crippen molar-refractivity contribution in [2.75, 3.05) is 0 Å². The van der Waals surface area contributed by atoms with Gasteiger partial charge >= 0.3 is 0 Å². The predicted octanol–water partition coefficient (Wildman–Crippen LogP) is 4.68. The van der Waals surface area contributed by atoms with Gasteiger partial charge in [-0.1, -0.05) is 25.5 Å². The van der Waals surface area contributed by atoms with E-state index in [1.165, 1.54) is 18.4 Å². The van der Waals surface area contributed by atoms with Crippen LogP contribution in [0.3, 0.4) is 0 Å². The van der Waals surface area contributed by atoms with Crippen LogP contribution in [-0.4, -0.2) is 17.0 Å². The normalized spacial score (nSPS) is 50.5. The molecule has 0 amide bonds. The SMILES string of the molecule is C=CCC1CC2=CC(=O)CCC2(C)C2CCC3(C)C(O)CCC3C12. The summed E-state index contributed by atoms with van der Waals surface area (Å²) in [4.78, 5) is 12.0. The third-order valence-electron chi connectivity index (χ3n) is 8.56. The van der Waals surface area contributed by atoms with Crippen LogP contribution in [0.2, 0.25) is 0 Å². The largest absolute Gasteiger partial charge is 0.393 e. The number of aliphatic hydroxyl groups excluding tert-OH is 1. The zero-order chi connectivity index (χ0) is 17.1. The molecule has 0 aromatic carbocycles. The van der Waals surface area contributed by atoms with Gasteiger partial charge in [-0.05, 0) is 85.5 Å². The van der Waals surface area contributed by atoms with Crippen LogP contribution in [0.15, 0.2) is 24.3 Å². The van der Waals surface area contributed by atoms with E-state index in [0.717, 1.165) is 38.5 Å². The Morgan fingerprint density at radius 2 is 2.04 bits per heavy atom. The van der Waals surface area contributed by atoms with Gasteiger partial charge < -0.3 is 5.11 Å². The number of hydrogen-bond donors (Lipinski definition) is 1. The first-order chi connectivity index (χ1) is 11.4. The molecule has 0 heterocycles. The molecule has 0 bridgehead atoms. The van der Waals surface area contributed by atoms with Crippen LogP contribution in [0.1, 0.15) is 65.2 Å². The molecule has 0 saturated heterocycles. The fraction of sp³-hybridized carbons (Fsp3) is 0.773. The summed E-state index contributed by atoms with van der Waals surface area (Å²) in [7, 11) is 0. The van der Waals surface area contributed by atoms with E-state index >= 15 is 0 Å². The van der Waals surface area contributed by atoms with E-state index in [2.05, 4.69) is 26.5 Å². The molecular formula is C22H32O2. The maximum atomic E-state index is 12.0. The van der Waals surface area contributed by atoms with Crippen molar-refractivity contribution in [3.8, 4) is 0 Å². The minimum absolute atomic E-state index is 0.114. The van der Waals surface area contributed by atoms with Gasteiger partial charge in [-0.15, -0.1) is 6.58 Å². The Balaban J connectivity index is 1.76. The van der Waals surface area contributed by atoms with Crippen molar-refractivity contribution in [2.45, 2.75) is 71.3 Å². The van der Waals surface area contributed by atoms with Gasteiger partial charge in [0.2, 0.25) is 0 Å². The van der Waals surface area contributed by atoms with Crippen LogP contribution >= 0.6 is 0 Å². The third kappa shape index (κ3) is 2.14. The van der Waals surface area contributed by atoms with Crippen LogP contribution in [-0.2, 0) is 4.79 Å². The minimum atomic E-state index is -0.120. The van der Waals surface area contributed by atoms with Gasteiger partial charge in [0.25, 0.3) is 0 Å². The quantitative estimate of drug-likeness (QED) is 0.747. The lowest BCUT2D eigenvalue weighted by molar-refractivity contribution is -0.119. The highest BCUT2D eigenvalue weighted by molar-refractivity contribution is 5.91. The lowest BCUT2D eigenvalue weighted by atomic mass is 9.44. The summed E-state index contributed by atoms with van der Waals surface area (Å²) in [5.41, 5.74) is 1.75. The number of ketones is 1. The van der Waals surface area contributed by atoms with Gasteiger partial charge in [0.1, 0.15) is 0 Å². The predicted molar refractivity (Wildman–Crippen MR) is 96.4 cm³/mol. The molecule has 3 fully saturated rings. The van der Waals surface area contributed by atoms with Crippen LogP contribution in [0, 0.1) is 34.5 Å². The number of aliphatic hydroxyl groups is 1. The molecule has 4 aliphatic carbocycles. The summed E-state index contributed by atoms with van der Waals surface area (Å²) in [6.07, 6.45) is 12.3. The summed E-state index contributed by atoms with van der Waals surface area (Å²) in [6.45, 7) is 8.78. The van der Waals surface area contributed by atoms with E-state index in [4.69, 9.17) is 0 Å². The molecule has 0 radical (unpaired) electrons. The molecular weight excluding hydrogens is 296 g/mol. The van der Waals surface area contributed by atoms with E-state index < -0.39 is 0 Å². The highest BCUT2D eigenvalue weighted by atomic mass is 16.3. The molecule has 7 unspecified atom stereocenters. The Labute approximate surface area is 146 Å². The lowest BCUT2D eigenvalue weighted by Gasteiger charge is -2.60. The zero-order valence-corrected chi connectivity index (χ0v) is 15.3. The fourth-order valence-corrected chi connectivity index (χ4v) is 7.13. The fourth-order valence-electron chi connectivity index (χ4n) is 7.13. The molecule has 4 rings (SSSR count). The van der Waals surface area contributed by atoms with Crippen molar-refractivity contribution in [2.24, 2.45) is 34.5 Å². The van der Waals surface area contributed by atoms with E-state index in [0.29, 0.717) is 29.5 Å². The Morgan fingerprint density at radius 3 is 2.79 bits per heavy atom. The first kappa shape index (κ1) is 16.6. The highest BCUT2D eigenvalue weighted by Gasteiger charge is 2.60. The van der Waals surface area contributed by atoms with Crippen LogP contribution in [0.5, 0.6) is 0 Å². The molecule has 1 N–H and O–H groups in total. The second kappa shape index (κ2) is 5.56. The van der Waals surface area contributed by atoms with Crippen molar-refractivity contribution in [3.63, 3.8) is 0 Å². The summed E-state index contributed by atoms with van der Waals surface area (Å²) < 4.78 is 0. The molecule has 0 spiro atoms. The van der Waals surface area contributed by atoms with Crippen molar-refractivity contribution in [1.82, 2.24) is 0 Å². The van der Waals surface area contributed by atoms with Crippen molar-refractivity contribution < 1.29 is 9.90 Å². The van der Waals surface area contributed by atoms with Gasteiger partial charge in [0, 0.05) is 6.42 Å². The smallest absolute Gasteiger partial charge is 0.155 e. The Hall–Kier alpha value is -0.890. The minimum Gasteiger partial charge on any atom is -0.393 e. The van der Waals surface area contributed by atoms with E-state index in [1.807, 2.05) is 6.08 Å². The number of carbonyl (C=O) groups is 1.